The van der Waals surface area contributed by atoms with Crippen molar-refractivity contribution >= 4 is 5.69 Å². The molecule has 0 fully saturated rings. The third-order valence-electron chi connectivity index (χ3n) is 4.47. The van der Waals surface area contributed by atoms with E-state index in [0.29, 0.717) is 24.1 Å². The first-order valence-electron chi connectivity index (χ1n) is 8.67. The highest BCUT2D eigenvalue weighted by Gasteiger charge is 2.24. The Labute approximate surface area is 151 Å². The maximum atomic E-state index is 9.72. The van der Waals surface area contributed by atoms with E-state index in [1.165, 1.54) is 0 Å². The third-order valence-corrected chi connectivity index (χ3v) is 4.47. The summed E-state index contributed by atoms with van der Waals surface area (Å²) in [6.07, 6.45) is 0.499. The quantitative estimate of drug-likeness (QED) is 0.708. The molecule has 0 amide bonds. The van der Waals surface area contributed by atoms with Gasteiger partial charge in [0.2, 0.25) is 0 Å². The minimum Gasteiger partial charge on any atom is -0.508 e. The fourth-order valence-corrected chi connectivity index (χ4v) is 3.26. The number of aryl methyl sites for hydroxylation is 1. The van der Waals surface area contributed by atoms with Crippen molar-refractivity contribution < 1.29 is 9.63 Å². The highest BCUT2D eigenvalue weighted by Crippen LogP contribution is 2.41. The summed E-state index contributed by atoms with van der Waals surface area (Å²) in [4.78, 5) is 4.48. The summed E-state index contributed by atoms with van der Waals surface area (Å²) in [7, 11) is 0. The standard InChI is InChI=1S/C20H20N4O2/c1-11(2)19-16-5-4-14(10-17(16)22-23-19)20-21-18(24-26-20)9-13-6-12(3)7-15(25)8-13/h4-8,10-11,19,25H,9H2,1-3H3. The Balaban J connectivity index is 1.58. The van der Waals surface area contributed by atoms with Gasteiger partial charge in [-0.05, 0) is 48.2 Å². The van der Waals surface area contributed by atoms with Crippen LogP contribution in [0.2, 0.25) is 0 Å². The molecule has 4 rings (SSSR count). The molecule has 132 valence electrons. The van der Waals surface area contributed by atoms with Crippen molar-refractivity contribution in [3.8, 4) is 17.2 Å². The van der Waals surface area contributed by atoms with Crippen LogP contribution in [-0.2, 0) is 6.42 Å². The number of benzene rings is 2. The van der Waals surface area contributed by atoms with E-state index < -0.39 is 0 Å². The minimum absolute atomic E-state index is 0.117. The van der Waals surface area contributed by atoms with Gasteiger partial charge in [-0.3, -0.25) is 0 Å². The maximum Gasteiger partial charge on any atom is 0.258 e. The number of hydrogen-bond acceptors (Lipinski definition) is 6. The van der Waals surface area contributed by atoms with E-state index in [9.17, 15) is 5.11 Å². The van der Waals surface area contributed by atoms with E-state index in [1.807, 2.05) is 31.2 Å². The molecule has 26 heavy (non-hydrogen) atoms. The van der Waals surface area contributed by atoms with Gasteiger partial charge in [0.1, 0.15) is 11.8 Å². The summed E-state index contributed by atoms with van der Waals surface area (Å²) in [5.41, 5.74) is 4.77. The summed E-state index contributed by atoms with van der Waals surface area (Å²) in [5.74, 6) is 1.69. The van der Waals surface area contributed by atoms with Crippen LogP contribution in [0.5, 0.6) is 5.75 Å². The van der Waals surface area contributed by atoms with Crippen molar-refractivity contribution in [2.24, 2.45) is 16.1 Å². The van der Waals surface area contributed by atoms with Gasteiger partial charge in [0, 0.05) is 17.5 Å². The molecule has 1 atom stereocenters. The van der Waals surface area contributed by atoms with Crippen molar-refractivity contribution in [2.75, 3.05) is 0 Å². The number of phenols is 1. The molecule has 1 aromatic heterocycles. The fraction of sp³-hybridized carbons (Fsp3) is 0.300. The van der Waals surface area contributed by atoms with E-state index in [4.69, 9.17) is 4.52 Å². The van der Waals surface area contributed by atoms with Gasteiger partial charge < -0.3 is 9.63 Å². The molecule has 0 saturated heterocycles. The van der Waals surface area contributed by atoms with Gasteiger partial charge in [0.25, 0.3) is 5.89 Å². The Bertz CT molecular complexity index is 971. The number of nitrogens with zero attached hydrogens (tertiary/aromatic N) is 4. The lowest BCUT2D eigenvalue weighted by Gasteiger charge is -2.11. The largest absolute Gasteiger partial charge is 0.508 e. The molecule has 0 spiro atoms. The van der Waals surface area contributed by atoms with Crippen LogP contribution >= 0.6 is 0 Å². The van der Waals surface area contributed by atoms with Crippen molar-refractivity contribution in [1.82, 2.24) is 10.1 Å². The van der Waals surface area contributed by atoms with Gasteiger partial charge in [0.05, 0.1) is 5.69 Å². The summed E-state index contributed by atoms with van der Waals surface area (Å²) in [6, 6.07) is 11.5. The second kappa shape index (κ2) is 6.37. The molecule has 0 bridgehead atoms. The van der Waals surface area contributed by atoms with E-state index in [1.54, 1.807) is 12.1 Å². The van der Waals surface area contributed by atoms with Crippen LogP contribution in [0.1, 0.15) is 42.4 Å². The number of fused-ring (bicyclic) bond motifs is 1. The number of azo groups is 1. The van der Waals surface area contributed by atoms with Gasteiger partial charge in [-0.2, -0.15) is 15.2 Å². The average Bonchev–Trinajstić information content (AvgIpc) is 3.19. The lowest BCUT2D eigenvalue weighted by Crippen LogP contribution is -2.00. The summed E-state index contributed by atoms with van der Waals surface area (Å²) < 4.78 is 5.42. The number of rotatable bonds is 4. The smallest absolute Gasteiger partial charge is 0.258 e. The van der Waals surface area contributed by atoms with Crippen LogP contribution in [0, 0.1) is 12.8 Å². The topological polar surface area (TPSA) is 83.9 Å². The molecular formula is C20H20N4O2. The van der Waals surface area contributed by atoms with Crippen molar-refractivity contribution in [3.63, 3.8) is 0 Å². The van der Waals surface area contributed by atoms with Gasteiger partial charge >= 0.3 is 0 Å². The Morgan fingerprint density at radius 2 is 2.00 bits per heavy atom. The molecule has 0 aliphatic carbocycles. The van der Waals surface area contributed by atoms with Gasteiger partial charge in [-0.1, -0.05) is 31.1 Å². The molecule has 1 aliphatic rings. The van der Waals surface area contributed by atoms with Crippen molar-refractivity contribution in [2.45, 2.75) is 33.2 Å². The predicted octanol–water partition coefficient (Wildman–Crippen LogP) is 5.14. The first-order valence-corrected chi connectivity index (χ1v) is 8.67. The zero-order chi connectivity index (χ0) is 18.3. The summed E-state index contributed by atoms with van der Waals surface area (Å²) >= 11 is 0. The number of aromatic nitrogens is 2. The third kappa shape index (κ3) is 3.10. The molecule has 2 heterocycles. The Kier molecular flexibility index (Phi) is 4.03. The zero-order valence-electron chi connectivity index (χ0n) is 15.0. The molecule has 1 unspecified atom stereocenters. The van der Waals surface area contributed by atoms with Crippen LogP contribution in [0.15, 0.2) is 51.1 Å². The van der Waals surface area contributed by atoms with Crippen LogP contribution in [0.25, 0.3) is 11.5 Å². The monoisotopic (exact) mass is 348 g/mol. The molecule has 6 heteroatoms. The van der Waals surface area contributed by atoms with E-state index >= 15 is 0 Å². The van der Waals surface area contributed by atoms with Crippen molar-refractivity contribution in [1.29, 1.82) is 0 Å². The second-order valence-corrected chi connectivity index (χ2v) is 7.05. The lowest BCUT2D eigenvalue weighted by atomic mass is 9.95. The molecule has 6 nitrogen and oxygen atoms in total. The van der Waals surface area contributed by atoms with Crippen LogP contribution in [0.4, 0.5) is 5.69 Å². The van der Waals surface area contributed by atoms with Crippen molar-refractivity contribution in [3.05, 3.63) is 58.9 Å². The molecule has 3 aromatic rings. The van der Waals surface area contributed by atoms with Crippen LogP contribution in [-0.4, -0.2) is 15.2 Å². The van der Waals surface area contributed by atoms with Gasteiger partial charge in [0.15, 0.2) is 5.82 Å². The highest BCUT2D eigenvalue weighted by molar-refractivity contribution is 5.64. The van der Waals surface area contributed by atoms with E-state index in [0.717, 1.165) is 27.9 Å². The minimum atomic E-state index is 0.117. The molecule has 2 aromatic carbocycles. The fourth-order valence-electron chi connectivity index (χ4n) is 3.26. The van der Waals surface area contributed by atoms with Crippen LogP contribution in [0.3, 0.4) is 0 Å². The Hall–Kier alpha value is -3.02. The van der Waals surface area contributed by atoms with E-state index in [-0.39, 0.29) is 11.8 Å². The molecular weight excluding hydrogens is 328 g/mol. The zero-order valence-corrected chi connectivity index (χ0v) is 15.0. The molecule has 0 saturated carbocycles. The van der Waals surface area contributed by atoms with E-state index in [2.05, 4.69) is 34.2 Å². The summed E-state index contributed by atoms with van der Waals surface area (Å²) in [5, 5.41) is 22.4. The number of aromatic hydroxyl groups is 1. The Morgan fingerprint density at radius 1 is 1.15 bits per heavy atom. The first kappa shape index (κ1) is 16.4. The molecule has 0 radical (unpaired) electrons. The van der Waals surface area contributed by atoms with Gasteiger partial charge in [-0.15, -0.1) is 0 Å². The number of phenolic OH excluding ortho intramolecular Hbond substituents is 1. The SMILES string of the molecule is Cc1cc(O)cc(Cc2noc(-c3ccc4c(c3)N=NC4C(C)C)n2)c1. The normalized spacial score (nSPS) is 15.6. The average molecular weight is 348 g/mol. The summed E-state index contributed by atoms with van der Waals surface area (Å²) in [6.45, 7) is 6.22. The lowest BCUT2D eigenvalue weighted by molar-refractivity contribution is 0.424. The van der Waals surface area contributed by atoms with Crippen LogP contribution < -0.4 is 0 Å². The predicted molar refractivity (Wildman–Crippen MR) is 97.5 cm³/mol. The number of hydrogen-bond donors (Lipinski definition) is 1. The first-order chi connectivity index (χ1) is 12.5. The Morgan fingerprint density at radius 3 is 2.77 bits per heavy atom. The maximum absolute atomic E-state index is 9.72. The van der Waals surface area contributed by atoms with Gasteiger partial charge in [-0.25, -0.2) is 0 Å². The highest BCUT2D eigenvalue weighted by atomic mass is 16.5. The molecule has 1 N–H and O–H groups in total. The molecule has 1 aliphatic heterocycles. The second-order valence-electron chi connectivity index (χ2n) is 7.05.